The van der Waals surface area contributed by atoms with E-state index in [2.05, 4.69) is 10.3 Å². The summed E-state index contributed by atoms with van der Waals surface area (Å²) in [6, 6.07) is 14.8. The van der Waals surface area contributed by atoms with E-state index in [1.54, 1.807) is 22.9 Å². The largest absolute Gasteiger partial charge is 0.478 e. The molecule has 1 aliphatic rings. The Bertz CT molecular complexity index is 1010. The van der Waals surface area contributed by atoms with Gasteiger partial charge in [0.1, 0.15) is 5.52 Å². The van der Waals surface area contributed by atoms with Gasteiger partial charge in [0.2, 0.25) is 5.91 Å². The predicted octanol–water partition coefficient (Wildman–Crippen LogP) is 2.93. The van der Waals surface area contributed by atoms with E-state index in [9.17, 15) is 14.7 Å². The second-order valence-corrected chi connectivity index (χ2v) is 7.16. The number of likely N-dealkylation sites (tertiary alicyclic amines) is 1. The van der Waals surface area contributed by atoms with E-state index in [1.807, 2.05) is 35.2 Å². The number of benzene rings is 2. The van der Waals surface area contributed by atoms with Gasteiger partial charge in [-0.15, -0.1) is 5.10 Å². The SMILES string of the molecule is O=C(O)c1cccc(C2CCCN(C(=O)CCn3nnc4ccccc43)C2)c1. The third-order valence-corrected chi connectivity index (χ3v) is 5.34. The van der Waals surface area contributed by atoms with E-state index in [0.717, 1.165) is 36.0 Å². The van der Waals surface area contributed by atoms with Crippen LogP contribution >= 0.6 is 0 Å². The summed E-state index contributed by atoms with van der Waals surface area (Å²) in [6.07, 6.45) is 2.25. The van der Waals surface area contributed by atoms with Gasteiger partial charge in [0.05, 0.1) is 17.6 Å². The maximum Gasteiger partial charge on any atom is 0.335 e. The summed E-state index contributed by atoms with van der Waals surface area (Å²) in [4.78, 5) is 25.9. The summed E-state index contributed by atoms with van der Waals surface area (Å²) < 4.78 is 1.77. The Morgan fingerprint density at radius 3 is 2.86 bits per heavy atom. The highest BCUT2D eigenvalue weighted by Gasteiger charge is 2.25. The lowest BCUT2D eigenvalue weighted by Gasteiger charge is -2.33. The van der Waals surface area contributed by atoms with Gasteiger partial charge >= 0.3 is 5.97 Å². The van der Waals surface area contributed by atoms with E-state index in [-0.39, 0.29) is 11.8 Å². The highest BCUT2D eigenvalue weighted by Crippen LogP contribution is 2.28. The molecule has 0 bridgehead atoms. The number of fused-ring (bicyclic) bond motifs is 1. The number of hydrogen-bond donors (Lipinski definition) is 1. The molecule has 144 valence electrons. The van der Waals surface area contributed by atoms with Crippen molar-refractivity contribution in [1.29, 1.82) is 0 Å². The Hall–Kier alpha value is -3.22. The fraction of sp³-hybridized carbons (Fsp3) is 0.333. The lowest BCUT2D eigenvalue weighted by Crippen LogP contribution is -2.39. The van der Waals surface area contributed by atoms with Crippen molar-refractivity contribution in [1.82, 2.24) is 19.9 Å². The van der Waals surface area contributed by atoms with Gasteiger partial charge < -0.3 is 10.0 Å². The van der Waals surface area contributed by atoms with Crippen molar-refractivity contribution in [3.63, 3.8) is 0 Å². The van der Waals surface area contributed by atoms with Crippen LogP contribution in [0.4, 0.5) is 0 Å². The molecular weight excluding hydrogens is 356 g/mol. The number of amides is 1. The maximum absolute atomic E-state index is 12.8. The Balaban J connectivity index is 1.40. The molecule has 0 spiro atoms. The van der Waals surface area contributed by atoms with Gasteiger partial charge in [-0.1, -0.05) is 29.5 Å². The van der Waals surface area contributed by atoms with Crippen LogP contribution in [0.15, 0.2) is 48.5 Å². The molecule has 1 saturated heterocycles. The molecule has 0 aliphatic carbocycles. The number of carboxylic acids is 1. The quantitative estimate of drug-likeness (QED) is 0.737. The first-order valence-electron chi connectivity index (χ1n) is 9.51. The Labute approximate surface area is 162 Å². The average molecular weight is 378 g/mol. The normalized spacial score (nSPS) is 17.0. The number of carboxylic acid groups (broad SMARTS) is 1. The lowest BCUT2D eigenvalue weighted by atomic mass is 9.89. The van der Waals surface area contributed by atoms with Gasteiger partial charge in [0.25, 0.3) is 0 Å². The molecule has 1 amide bonds. The number of aryl methyl sites for hydroxylation is 1. The molecule has 1 aromatic heterocycles. The fourth-order valence-electron chi connectivity index (χ4n) is 3.84. The molecule has 2 heterocycles. The first-order valence-corrected chi connectivity index (χ1v) is 9.51. The Morgan fingerprint density at radius 2 is 2.00 bits per heavy atom. The van der Waals surface area contributed by atoms with Gasteiger partial charge in [0, 0.05) is 25.4 Å². The van der Waals surface area contributed by atoms with Crippen LogP contribution in [0, 0.1) is 0 Å². The third-order valence-electron chi connectivity index (χ3n) is 5.34. The minimum absolute atomic E-state index is 0.0960. The summed E-state index contributed by atoms with van der Waals surface area (Å²) in [5.41, 5.74) is 3.03. The molecule has 7 heteroatoms. The van der Waals surface area contributed by atoms with Crippen LogP contribution in [0.5, 0.6) is 0 Å². The van der Waals surface area contributed by atoms with Gasteiger partial charge in [0.15, 0.2) is 0 Å². The molecule has 7 nitrogen and oxygen atoms in total. The summed E-state index contributed by atoms with van der Waals surface area (Å²) in [7, 11) is 0. The zero-order valence-electron chi connectivity index (χ0n) is 15.5. The van der Waals surface area contributed by atoms with Crippen molar-refractivity contribution in [2.45, 2.75) is 31.7 Å². The van der Waals surface area contributed by atoms with E-state index in [0.29, 0.717) is 25.1 Å². The van der Waals surface area contributed by atoms with Crippen LogP contribution in [0.2, 0.25) is 0 Å². The van der Waals surface area contributed by atoms with Crippen LogP contribution in [0.3, 0.4) is 0 Å². The number of aromatic nitrogens is 3. The number of rotatable bonds is 5. The molecule has 1 N–H and O–H groups in total. The second kappa shape index (κ2) is 7.80. The molecular formula is C21H22N4O3. The highest BCUT2D eigenvalue weighted by molar-refractivity contribution is 5.87. The third kappa shape index (κ3) is 3.74. The minimum Gasteiger partial charge on any atom is -0.478 e. The van der Waals surface area contributed by atoms with Gasteiger partial charge in [-0.05, 0) is 42.7 Å². The zero-order chi connectivity index (χ0) is 19.5. The highest BCUT2D eigenvalue weighted by atomic mass is 16.4. The molecule has 0 saturated carbocycles. The van der Waals surface area contributed by atoms with Crippen molar-refractivity contribution in [3.8, 4) is 0 Å². The second-order valence-electron chi connectivity index (χ2n) is 7.16. The number of carbonyl (C=O) groups excluding carboxylic acids is 1. The zero-order valence-corrected chi connectivity index (χ0v) is 15.5. The van der Waals surface area contributed by atoms with Crippen molar-refractivity contribution >= 4 is 22.9 Å². The number of carbonyl (C=O) groups is 2. The van der Waals surface area contributed by atoms with E-state index < -0.39 is 5.97 Å². The van der Waals surface area contributed by atoms with E-state index >= 15 is 0 Å². The number of para-hydroxylation sites is 1. The van der Waals surface area contributed by atoms with Crippen LogP contribution in [0.1, 0.15) is 41.1 Å². The van der Waals surface area contributed by atoms with E-state index in [4.69, 9.17) is 0 Å². The predicted molar refractivity (Wildman–Crippen MR) is 104 cm³/mol. The van der Waals surface area contributed by atoms with Crippen LogP contribution in [-0.4, -0.2) is 50.0 Å². The maximum atomic E-state index is 12.8. The number of aromatic carboxylic acids is 1. The van der Waals surface area contributed by atoms with Crippen molar-refractivity contribution < 1.29 is 14.7 Å². The van der Waals surface area contributed by atoms with Gasteiger partial charge in [-0.3, -0.25) is 4.79 Å². The lowest BCUT2D eigenvalue weighted by molar-refractivity contribution is -0.132. The minimum atomic E-state index is -0.925. The Morgan fingerprint density at radius 1 is 1.14 bits per heavy atom. The van der Waals surface area contributed by atoms with Gasteiger partial charge in [-0.25, -0.2) is 9.48 Å². The number of hydrogen-bond acceptors (Lipinski definition) is 4. The fourth-order valence-corrected chi connectivity index (χ4v) is 3.84. The Kier molecular flexibility index (Phi) is 5.06. The van der Waals surface area contributed by atoms with Crippen LogP contribution < -0.4 is 0 Å². The smallest absolute Gasteiger partial charge is 0.335 e. The molecule has 3 aromatic rings. The molecule has 0 radical (unpaired) electrons. The summed E-state index contributed by atoms with van der Waals surface area (Å²) in [6.45, 7) is 1.86. The van der Waals surface area contributed by atoms with Crippen molar-refractivity contribution in [3.05, 3.63) is 59.7 Å². The topological polar surface area (TPSA) is 88.3 Å². The molecule has 1 unspecified atom stereocenters. The number of nitrogens with zero attached hydrogens (tertiary/aromatic N) is 4. The standard InChI is InChI=1S/C21H22N4O3/c26-20(10-12-25-19-9-2-1-8-18(19)22-23-25)24-11-4-7-17(14-24)15-5-3-6-16(13-15)21(27)28/h1-3,5-6,8-9,13,17H,4,7,10-12,14H2,(H,27,28). The van der Waals surface area contributed by atoms with Gasteiger partial charge in [-0.2, -0.15) is 0 Å². The summed E-state index contributed by atoms with van der Waals surface area (Å²) in [5, 5.41) is 17.5. The summed E-state index contributed by atoms with van der Waals surface area (Å²) in [5.74, 6) is -0.659. The van der Waals surface area contributed by atoms with E-state index in [1.165, 1.54) is 0 Å². The molecule has 1 fully saturated rings. The molecule has 1 atom stereocenters. The first kappa shape index (κ1) is 18.2. The van der Waals surface area contributed by atoms with Crippen LogP contribution in [0.25, 0.3) is 11.0 Å². The average Bonchev–Trinajstić information content (AvgIpc) is 3.15. The monoisotopic (exact) mass is 378 g/mol. The molecule has 4 rings (SSSR count). The van der Waals surface area contributed by atoms with Crippen molar-refractivity contribution in [2.75, 3.05) is 13.1 Å². The van der Waals surface area contributed by atoms with Crippen molar-refractivity contribution in [2.24, 2.45) is 0 Å². The van der Waals surface area contributed by atoms with Crippen LogP contribution in [-0.2, 0) is 11.3 Å². The summed E-state index contributed by atoms with van der Waals surface area (Å²) >= 11 is 0. The molecule has 2 aromatic carbocycles. The molecule has 28 heavy (non-hydrogen) atoms. The molecule has 1 aliphatic heterocycles. The number of piperidine rings is 1. The first-order chi connectivity index (χ1) is 13.6.